The van der Waals surface area contributed by atoms with Crippen molar-refractivity contribution in [1.29, 1.82) is 0 Å². The van der Waals surface area contributed by atoms with Gasteiger partial charge in [-0.25, -0.2) is 9.18 Å². The van der Waals surface area contributed by atoms with Crippen molar-refractivity contribution in [3.05, 3.63) is 29.6 Å². The predicted molar refractivity (Wildman–Crippen MR) is 67.1 cm³/mol. The highest BCUT2D eigenvalue weighted by atomic mass is 19.1. The second-order valence-corrected chi connectivity index (χ2v) is 4.43. The summed E-state index contributed by atoms with van der Waals surface area (Å²) in [5.41, 5.74) is 1.31. The first kappa shape index (κ1) is 12.8. The van der Waals surface area contributed by atoms with Gasteiger partial charge in [-0.15, -0.1) is 0 Å². The molecule has 1 heterocycles. The minimum Gasteiger partial charge on any atom is -0.376 e. The molecule has 0 aliphatic carbocycles. The lowest BCUT2D eigenvalue weighted by Crippen LogP contribution is -2.35. The van der Waals surface area contributed by atoms with Crippen LogP contribution in [0.1, 0.15) is 18.4 Å². The van der Waals surface area contributed by atoms with Crippen LogP contribution >= 0.6 is 0 Å². The van der Waals surface area contributed by atoms with Gasteiger partial charge in [0.1, 0.15) is 5.82 Å². The van der Waals surface area contributed by atoms with E-state index in [9.17, 15) is 9.18 Å². The number of hydrogen-bond donors (Lipinski definition) is 2. The van der Waals surface area contributed by atoms with Crippen LogP contribution in [0.4, 0.5) is 14.9 Å². The van der Waals surface area contributed by atoms with Crippen molar-refractivity contribution in [3.8, 4) is 0 Å². The molecule has 1 fully saturated rings. The van der Waals surface area contributed by atoms with E-state index in [1.165, 1.54) is 12.1 Å². The maximum Gasteiger partial charge on any atom is 0.319 e. The van der Waals surface area contributed by atoms with Gasteiger partial charge in [-0.3, -0.25) is 0 Å². The summed E-state index contributed by atoms with van der Waals surface area (Å²) in [6.07, 6.45) is 2.11. The lowest BCUT2D eigenvalue weighted by atomic mass is 10.2. The highest BCUT2D eigenvalue weighted by Crippen LogP contribution is 2.16. The van der Waals surface area contributed by atoms with Crippen LogP contribution in [0.5, 0.6) is 0 Å². The normalized spacial score (nSPS) is 18.7. The first-order valence-electron chi connectivity index (χ1n) is 6.08. The number of amides is 2. The van der Waals surface area contributed by atoms with Gasteiger partial charge in [0.25, 0.3) is 0 Å². The van der Waals surface area contributed by atoms with Crippen molar-refractivity contribution in [2.24, 2.45) is 0 Å². The summed E-state index contributed by atoms with van der Waals surface area (Å²) in [6.45, 7) is 3.06. The van der Waals surface area contributed by atoms with E-state index in [4.69, 9.17) is 4.74 Å². The number of benzene rings is 1. The molecule has 0 radical (unpaired) electrons. The van der Waals surface area contributed by atoms with Gasteiger partial charge >= 0.3 is 6.03 Å². The fourth-order valence-electron chi connectivity index (χ4n) is 1.91. The van der Waals surface area contributed by atoms with E-state index >= 15 is 0 Å². The molecule has 4 nitrogen and oxygen atoms in total. The van der Waals surface area contributed by atoms with Gasteiger partial charge in [0, 0.05) is 18.8 Å². The molecular weight excluding hydrogens is 235 g/mol. The fourth-order valence-corrected chi connectivity index (χ4v) is 1.91. The third-order valence-electron chi connectivity index (χ3n) is 2.96. The Morgan fingerprint density at radius 1 is 1.56 bits per heavy atom. The zero-order valence-electron chi connectivity index (χ0n) is 10.3. The number of urea groups is 1. The van der Waals surface area contributed by atoms with Crippen LogP contribution in [0.3, 0.4) is 0 Å². The Morgan fingerprint density at radius 2 is 2.39 bits per heavy atom. The number of halogens is 1. The molecule has 1 atom stereocenters. The summed E-state index contributed by atoms with van der Waals surface area (Å²) in [5, 5.41) is 5.35. The average molecular weight is 252 g/mol. The van der Waals surface area contributed by atoms with E-state index < -0.39 is 0 Å². The number of carbonyl (C=O) groups excluding carboxylic acids is 1. The van der Waals surface area contributed by atoms with Gasteiger partial charge in [0.2, 0.25) is 0 Å². The molecule has 1 aromatic rings. The molecule has 2 amide bonds. The summed E-state index contributed by atoms with van der Waals surface area (Å²) < 4.78 is 18.4. The van der Waals surface area contributed by atoms with Crippen LogP contribution in [-0.2, 0) is 4.74 Å². The number of anilines is 1. The molecule has 1 aliphatic heterocycles. The summed E-state index contributed by atoms with van der Waals surface area (Å²) in [6, 6.07) is 3.97. The van der Waals surface area contributed by atoms with Gasteiger partial charge in [-0.1, -0.05) is 6.07 Å². The quantitative estimate of drug-likeness (QED) is 0.868. The molecule has 2 N–H and O–H groups in total. The van der Waals surface area contributed by atoms with Gasteiger partial charge < -0.3 is 15.4 Å². The van der Waals surface area contributed by atoms with Gasteiger partial charge in [0.05, 0.1) is 6.10 Å². The van der Waals surface area contributed by atoms with Gasteiger partial charge in [-0.2, -0.15) is 0 Å². The fraction of sp³-hybridized carbons (Fsp3) is 0.462. The minimum absolute atomic E-state index is 0.101. The van der Waals surface area contributed by atoms with Gasteiger partial charge in [0.15, 0.2) is 0 Å². The molecule has 1 unspecified atom stereocenters. The molecule has 98 valence electrons. The number of rotatable bonds is 3. The van der Waals surface area contributed by atoms with Crippen molar-refractivity contribution >= 4 is 11.7 Å². The summed E-state index contributed by atoms with van der Waals surface area (Å²) >= 11 is 0. The molecule has 1 aliphatic rings. The van der Waals surface area contributed by atoms with Crippen LogP contribution in [-0.4, -0.2) is 25.3 Å². The molecular formula is C13H17FN2O2. The molecule has 0 bridgehead atoms. The molecule has 1 aromatic carbocycles. The standard InChI is InChI=1S/C13H17FN2O2/c1-9-4-5-10(14)7-12(9)16-13(17)15-8-11-3-2-6-18-11/h4-5,7,11H,2-3,6,8H2,1H3,(H2,15,16,17). The van der Waals surface area contributed by atoms with Crippen molar-refractivity contribution in [2.75, 3.05) is 18.5 Å². The van der Waals surface area contributed by atoms with E-state index in [1.54, 1.807) is 6.07 Å². The maximum atomic E-state index is 13.0. The lowest BCUT2D eigenvalue weighted by Gasteiger charge is -2.12. The van der Waals surface area contributed by atoms with E-state index in [-0.39, 0.29) is 18.0 Å². The summed E-state index contributed by atoms with van der Waals surface area (Å²) in [7, 11) is 0. The Balaban J connectivity index is 1.84. The third kappa shape index (κ3) is 3.43. The third-order valence-corrected chi connectivity index (χ3v) is 2.96. The highest BCUT2D eigenvalue weighted by Gasteiger charge is 2.16. The molecule has 0 aromatic heterocycles. The zero-order valence-corrected chi connectivity index (χ0v) is 10.3. The minimum atomic E-state index is -0.366. The zero-order chi connectivity index (χ0) is 13.0. The number of nitrogens with one attached hydrogen (secondary N) is 2. The Bertz CT molecular complexity index is 431. The van der Waals surface area contributed by atoms with Crippen LogP contribution in [0, 0.1) is 12.7 Å². The van der Waals surface area contributed by atoms with Crippen LogP contribution < -0.4 is 10.6 Å². The van der Waals surface area contributed by atoms with E-state index in [0.717, 1.165) is 25.0 Å². The van der Waals surface area contributed by atoms with Crippen LogP contribution in [0.15, 0.2) is 18.2 Å². The first-order valence-corrected chi connectivity index (χ1v) is 6.08. The topological polar surface area (TPSA) is 50.4 Å². The summed E-state index contributed by atoms with van der Waals surface area (Å²) in [4.78, 5) is 11.6. The Labute approximate surface area is 106 Å². The monoisotopic (exact) mass is 252 g/mol. The average Bonchev–Trinajstić information content (AvgIpc) is 2.84. The van der Waals surface area contributed by atoms with Gasteiger partial charge in [-0.05, 0) is 37.5 Å². The summed E-state index contributed by atoms with van der Waals surface area (Å²) in [5.74, 6) is -0.366. The van der Waals surface area contributed by atoms with Crippen molar-refractivity contribution < 1.29 is 13.9 Å². The molecule has 0 spiro atoms. The lowest BCUT2D eigenvalue weighted by molar-refractivity contribution is 0.112. The van der Waals surface area contributed by atoms with Crippen LogP contribution in [0.25, 0.3) is 0 Å². The van der Waals surface area contributed by atoms with E-state index in [2.05, 4.69) is 10.6 Å². The molecule has 18 heavy (non-hydrogen) atoms. The largest absolute Gasteiger partial charge is 0.376 e. The Kier molecular flexibility index (Phi) is 4.15. The number of aryl methyl sites for hydroxylation is 1. The van der Waals surface area contributed by atoms with Crippen molar-refractivity contribution in [2.45, 2.75) is 25.9 Å². The molecule has 2 rings (SSSR count). The SMILES string of the molecule is Cc1ccc(F)cc1NC(=O)NCC1CCCO1. The first-order chi connectivity index (χ1) is 8.65. The number of hydrogen-bond acceptors (Lipinski definition) is 2. The van der Waals surface area contributed by atoms with Crippen LogP contribution in [0.2, 0.25) is 0 Å². The maximum absolute atomic E-state index is 13.0. The van der Waals surface area contributed by atoms with Crippen molar-refractivity contribution in [3.63, 3.8) is 0 Å². The Hall–Kier alpha value is -1.62. The molecule has 5 heteroatoms. The van der Waals surface area contributed by atoms with Crippen molar-refractivity contribution in [1.82, 2.24) is 5.32 Å². The second kappa shape index (κ2) is 5.82. The Morgan fingerprint density at radius 3 is 3.11 bits per heavy atom. The van der Waals surface area contributed by atoms with E-state index in [1.807, 2.05) is 6.92 Å². The van der Waals surface area contributed by atoms with E-state index in [0.29, 0.717) is 12.2 Å². The smallest absolute Gasteiger partial charge is 0.319 e. The molecule has 1 saturated heterocycles. The number of carbonyl (C=O) groups is 1. The molecule has 0 saturated carbocycles. The highest BCUT2D eigenvalue weighted by molar-refractivity contribution is 5.90. The second-order valence-electron chi connectivity index (χ2n) is 4.43. The number of ether oxygens (including phenoxy) is 1. The predicted octanol–water partition coefficient (Wildman–Crippen LogP) is 2.43.